The normalized spacial score (nSPS) is 46.3. The molecule has 188 valence electrons. The molecule has 8 unspecified atom stereocenters. The van der Waals surface area contributed by atoms with Crippen molar-refractivity contribution in [3.05, 3.63) is 12.2 Å². The molecular weight excluding hydrogens is 404 g/mol. The minimum absolute atomic E-state index is 0.174. The van der Waals surface area contributed by atoms with E-state index in [-0.39, 0.29) is 10.8 Å². The third-order valence-corrected chi connectivity index (χ3v) is 12.7. The summed E-state index contributed by atoms with van der Waals surface area (Å²) in [4.78, 5) is 12.9. The number of ketones is 1. The topological polar surface area (TPSA) is 37.3 Å². The summed E-state index contributed by atoms with van der Waals surface area (Å²) in [6.07, 6.45) is 11.0. The third kappa shape index (κ3) is 3.54. The summed E-state index contributed by atoms with van der Waals surface area (Å²) >= 11 is 0. The minimum Gasteiger partial charge on any atom is -0.390 e. The Hall–Kier alpha value is -0.630. The molecule has 0 aromatic carbocycles. The number of carbonyl (C=O) groups is 1. The quantitative estimate of drug-likeness (QED) is 0.426. The molecule has 0 aliphatic heterocycles. The van der Waals surface area contributed by atoms with E-state index in [1.54, 1.807) is 0 Å². The number of carbonyl (C=O) groups excluding carboxylic acids is 1. The van der Waals surface area contributed by atoms with Gasteiger partial charge in [0, 0.05) is 11.8 Å². The highest BCUT2D eigenvalue weighted by atomic mass is 16.3. The number of rotatable bonds is 5. The standard InChI is InChI=1S/C31H52O2/c1-20(2)21(3)12-19-31(9,33)23-13-17-29(7)22(23)10-11-25-28(6)16-15-26(32)27(4,5)24(28)14-18-30(25,29)8/h20,22-25,33H,3,10-19H2,1-2,4-9H3. The molecule has 0 radical (unpaired) electrons. The lowest BCUT2D eigenvalue weighted by molar-refractivity contribution is -0.207. The summed E-state index contributed by atoms with van der Waals surface area (Å²) in [6.45, 7) is 23.1. The van der Waals surface area contributed by atoms with Crippen molar-refractivity contribution >= 4 is 5.78 Å². The highest BCUT2D eigenvalue weighted by molar-refractivity contribution is 5.85. The smallest absolute Gasteiger partial charge is 0.138 e. The molecule has 4 fully saturated rings. The SMILES string of the molecule is C=C(CCC(C)(O)C1CCC2(C)C1CCC1C3(C)CCC(=O)C(C)(C)C3CCC12C)C(C)C. The Morgan fingerprint density at radius 2 is 1.64 bits per heavy atom. The van der Waals surface area contributed by atoms with Crippen LogP contribution in [0.2, 0.25) is 0 Å². The number of Topliss-reactive ketones (excluding diaryl/α,β-unsaturated/α-hetero) is 1. The number of aliphatic hydroxyl groups is 1. The molecule has 2 heteroatoms. The predicted molar refractivity (Wildman–Crippen MR) is 138 cm³/mol. The van der Waals surface area contributed by atoms with Gasteiger partial charge in [-0.25, -0.2) is 0 Å². The number of hydrogen-bond donors (Lipinski definition) is 1. The fraction of sp³-hybridized carbons (Fsp3) is 0.903. The second-order valence-corrected chi connectivity index (χ2v) is 14.6. The van der Waals surface area contributed by atoms with Crippen LogP contribution in [0, 0.1) is 51.2 Å². The maximum atomic E-state index is 12.9. The van der Waals surface area contributed by atoms with Crippen molar-refractivity contribution in [2.45, 2.75) is 125 Å². The summed E-state index contributed by atoms with van der Waals surface area (Å²) in [6, 6.07) is 0. The fourth-order valence-corrected chi connectivity index (χ4v) is 10.2. The minimum atomic E-state index is -0.607. The van der Waals surface area contributed by atoms with Gasteiger partial charge in [0.15, 0.2) is 0 Å². The van der Waals surface area contributed by atoms with Gasteiger partial charge in [0.05, 0.1) is 5.60 Å². The number of hydrogen-bond acceptors (Lipinski definition) is 2. The molecule has 0 amide bonds. The molecule has 0 aromatic rings. The second kappa shape index (κ2) is 7.94. The van der Waals surface area contributed by atoms with Crippen LogP contribution in [0.25, 0.3) is 0 Å². The molecule has 4 saturated carbocycles. The van der Waals surface area contributed by atoms with Crippen LogP contribution in [0.1, 0.15) is 120 Å². The fourth-order valence-electron chi connectivity index (χ4n) is 10.2. The van der Waals surface area contributed by atoms with Crippen molar-refractivity contribution in [1.82, 2.24) is 0 Å². The van der Waals surface area contributed by atoms with Crippen LogP contribution in [0.4, 0.5) is 0 Å². The highest BCUT2D eigenvalue weighted by Gasteiger charge is 2.69. The lowest BCUT2D eigenvalue weighted by Crippen LogP contribution is -2.63. The van der Waals surface area contributed by atoms with Crippen LogP contribution in [-0.2, 0) is 4.79 Å². The van der Waals surface area contributed by atoms with E-state index >= 15 is 0 Å². The van der Waals surface area contributed by atoms with Gasteiger partial charge in [-0.3, -0.25) is 4.79 Å². The first kappa shape index (κ1) is 25.5. The van der Waals surface area contributed by atoms with E-state index < -0.39 is 5.60 Å². The molecule has 1 N–H and O–H groups in total. The zero-order chi connectivity index (χ0) is 24.6. The van der Waals surface area contributed by atoms with Crippen LogP contribution in [0.5, 0.6) is 0 Å². The van der Waals surface area contributed by atoms with Gasteiger partial charge in [-0.05, 0) is 111 Å². The monoisotopic (exact) mass is 456 g/mol. The summed E-state index contributed by atoms with van der Waals surface area (Å²) in [5.74, 6) is 3.21. The van der Waals surface area contributed by atoms with Gasteiger partial charge < -0.3 is 5.11 Å². The molecule has 0 saturated heterocycles. The lowest BCUT2D eigenvalue weighted by Gasteiger charge is -2.69. The van der Waals surface area contributed by atoms with Crippen LogP contribution >= 0.6 is 0 Å². The Kier molecular flexibility index (Phi) is 6.13. The van der Waals surface area contributed by atoms with Crippen molar-refractivity contribution in [3.63, 3.8) is 0 Å². The lowest BCUT2D eigenvalue weighted by atomic mass is 9.35. The Balaban J connectivity index is 1.60. The van der Waals surface area contributed by atoms with E-state index in [0.717, 1.165) is 32.1 Å². The molecule has 4 aliphatic rings. The van der Waals surface area contributed by atoms with Gasteiger partial charge in [-0.15, -0.1) is 0 Å². The molecule has 0 aromatic heterocycles. The summed E-state index contributed by atoms with van der Waals surface area (Å²) in [5.41, 5.74) is 1.36. The largest absolute Gasteiger partial charge is 0.390 e. The van der Waals surface area contributed by atoms with Gasteiger partial charge in [0.2, 0.25) is 0 Å². The molecule has 0 heterocycles. The average molecular weight is 457 g/mol. The predicted octanol–water partition coefficient (Wildman–Crippen LogP) is 7.98. The van der Waals surface area contributed by atoms with E-state index in [9.17, 15) is 9.90 Å². The Morgan fingerprint density at radius 1 is 1.00 bits per heavy atom. The first-order chi connectivity index (χ1) is 15.1. The van der Waals surface area contributed by atoms with Crippen molar-refractivity contribution in [1.29, 1.82) is 0 Å². The Bertz CT molecular complexity index is 806. The van der Waals surface area contributed by atoms with Gasteiger partial charge in [0.25, 0.3) is 0 Å². The van der Waals surface area contributed by atoms with E-state index in [1.807, 2.05) is 0 Å². The molecule has 0 spiro atoms. The van der Waals surface area contributed by atoms with Crippen molar-refractivity contribution in [2.24, 2.45) is 51.2 Å². The molecule has 8 atom stereocenters. The van der Waals surface area contributed by atoms with Crippen LogP contribution in [0.3, 0.4) is 0 Å². The number of fused-ring (bicyclic) bond motifs is 5. The van der Waals surface area contributed by atoms with E-state index in [4.69, 9.17) is 0 Å². The van der Waals surface area contributed by atoms with Gasteiger partial charge in [-0.1, -0.05) is 60.6 Å². The van der Waals surface area contributed by atoms with Gasteiger partial charge in [0.1, 0.15) is 5.78 Å². The zero-order valence-corrected chi connectivity index (χ0v) is 23.0. The van der Waals surface area contributed by atoms with Crippen LogP contribution in [-0.4, -0.2) is 16.5 Å². The van der Waals surface area contributed by atoms with E-state index in [2.05, 4.69) is 62.0 Å². The highest BCUT2D eigenvalue weighted by Crippen LogP contribution is 2.75. The average Bonchev–Trinajstić information content (AvgIpc) is 3.08. The molecule has 33 heavy (non-hydrogen) atoms. The third-order valence-electron chi connectivity index (χ3n) is 12.7. The molecule has 4 aliphatic carbocycles. The molecule has 4 rings (SSSR count). The first-order valence-electron chi connectivity index (χ1n) is 14.0. The molecule has 2 nitrogen and oxygen atoms in total. The summed E-state index contributed by atoms with van der Waals surface area (Å²) < 4.78 is 0. The maximum Gasteiger partial charge on any atom is 0.138 e. The second-order valence-electron chi connectivity index (χ2n) is 14.6. The van der Waals surface area contributed by atoms with Gasteiger partial charge >= 0.3 is 0 Å². The maximum absolute atomic E-state index is 12.9. The zero-order valence-electron chi connectivity index (χ0n) is 23.0. The molecule has 0 bridgehead atoms. The number of allylic oxidation sites excluding steroid dienone is 1. The van der Waals surface area contributed by atoms with Crippen LogP contribution in [0.15, 0.2) is 12.2 Å². The van der Waals surface area contributed by atoms with Crippen LogP contribution < -0.4 is 0 Å². The van der Waals surface area contributed by atoms with Crippen molar-refractivity contribution in [3.8, 4) is 0 Å². The Labute approximate surface area is 204 Å². The van der Waals surface area contributed by atoms with E-state index in [0.29, 0.717) is 46.2 Å². The van der Waals surface area contributed by atoms with Crippen molar-refractivity contribution in [2.75, 3.05) is 0 Å². The Morgan fingerprint density at radius 3 is 2.27 bits per heavy atom. The van der Waals surface area contributed by atoms with E-state index in [1.165, 1.54) is 37.7 Å². The van der Waals surface area contributed by atoms with Crippen molar-refractivity contribution < 1.29 is 9.90 Å². The first-order valence-corrected chi connectivity index (χ1v) is 14.0. The van der Waals surface area contributed by atoms with Gasteiger partial charge in [-0.2, -0.15) is 0 Å². The summed E-state index contributed by atoms with van der Waals surface area (Å²) in [7, 11) is 0. The summed E-state index contributed by atoms with van der Waals surface area (Å²) in [5, 5.41) is 11.7. The molecular formula is C31H52O2.